The van der Waals surface area contributed by atoms with Crippen molar-refractivity contribution in [2.45, 2.75) is 30.7 Å². The monoisotopic (exact) mass is 222 g/mol. The van der Waals surface area contributed by atoms with E-state index in [4.69, 9.17) is 9.47 Å². The number of ether oxygens (including phenoxy) is 3. The topological polar surface area (TPSA) is 105 Å². The minimum atomic E-state index is -1.64. The van der Waals surface area contributed by atoms with Crippen LogP contribution in [0.25, 0.3) is 0 Å². The van der Waals surface area contributed by atoms with E-state index < -0.39 is 36.7 Å². The van der Waals surface area contributed by atoms with Crippen LogP contribution in [0.2, 0.25) is 0 Å². The van der Waals surface area contributed by atoms with Gasteiger partial charge in [0.1, 0.15) is 18.3 Å². The molecule has 1 aliphatic heterocycles. The zero-order valence-corrected chi connectivity index (χ0v) is 8.36. The number of hydrogen-bond donors (Lipinski definition) is 3. The minimum absolute atomic E-state index is 0.785. The van der Waals surface area contributed by atoms with Crippen molar-refractivity contribution in [1.29, 1.82) is 0 Å². The minimum Gasteiger partial charge on any atom is -0.467 e. The highest BCUT2D eigenvalue weighted by atomic mass is 16.7. The van der Waals surface area contributed by atoms with E-state index >= 15 is 0 Å². The van der Waals surface area contributed by atoms with Gasteiger partial charge in [0.25, 0.3) is 0 Å². The van der Waals surface area contributed by atoms with Gasteiger partial charge in [-0.2, -0.15) is 0 Å². The second-order valence-electron chi connectivity index (χ2n) is 3.15. The van der Waals surface area contributed by atoms with Crippen LogP contribution in [-0.4, -0.2) is 66.2 Å². The standard InChI is InChI=1S/C8H14O7/c1-13-5-3(9)4(10)7(11)15-6(5)8(12)14-2/h3-7,9-11H,1-2H3/t3?,4?,5-,6+,7?/m0/s1. The van der Waals surface area contributed by atoms with Gasteiger partial charge in [-0.05, 0) is 0 Å². The van der Waals surface area contributed by atoms with Crippen LogP contribution in [0.4, 0.5) is 0 Å². The molecule has 0 radical (unpaired) electrons. The van der Waals surface area contributed by atoms with E-state index in [-0.39, 0.29) is 0 Å². The summed E-state index contributed by atoms with van der Waals surface area (Å²) in [5.74, 6) is -0.785. The van der Waals surface area contributed by atoms with E-state index in [1.165, 1.54) is 7.11 Å². The maximum atomic E-state index is 11.2. The van der Waals surface area contributed by atoms with Crippen LogP contribution in [-0.2, 0) is 19.0 Å². The zero-order chi connectivity index (χ0) is 11.6. The van der Waals surface area contributed by atoms with Gasteiger partial charge in [-0.1, -0.05) is 0 Å². The first-order valence-electron chi connectivity index (χ1n) is 4.33. The van der Waals surface area contributed by atoms with Gasteiger partial charge in [-0.3, -0.25) is 0 Å². The van der Waals surface area contributed by atoms with Gasteiger partial charge >= 0.3 is 5.97 Å². The Hall–Kier alpha value is -0.730. The Kier molecular flexibility index (Phi) is 4.00. The molecule has 0 saturated carbocycles. The molecule has 5 atom stereocenters. The van der Waals surface area contributed by atoms with Gasteiger partial charge in [0.2, 0.25) is 0 Å². The van der Waals surface area contributed by atoms with Crippen LogP contribution in [0.15, 0.2) is 0 Å². The van der Waals surface area contributed by atoms with E-state index in [0.717, 1.165) is 7.11 Å². The summed E-state index contributed by atoms with van der Waals surface area (Å²) in [6, 6.07) is 0. The second kappa shape index (κ2) is 4.86. The molecule has 1 heterocycles. The van der Waals surface area contributed by atoms with Crippen LogP contribution in [0, 0.1) is 0 Å². The second-order valence-corrected chi connectivity index (χ2v) is 3.15. The number of aliphatic hydroxyl groups is 3. The number of aliphatic hydroxyl groups excluding tert-OH is 3. The van der Waals surface area contributed by atoms with E-state index in [1.807, 2.05) is 0 Å². The highest BCUT2D eigenvalue weighted by Crippen LogP contribution is 2.22. The van der Waals surface area contributed by atoms with Crippen LogP contribution in [0.1, 0.15) is 0 Å². The summed E-state index contributed by atoms with van der Waals surface area (Å²) in [7, 11) is 2.39. The van der Waals surface area contributed by atoms with Crippen molar-refractivity contribution in [1.82, 2.24) is 0 Å². The zero-order valence-electron chi connectivity index (χ0n) is 8.36. The van der Waals surface area contributed by atoms with E-state index in [1.54, 1.807) is 0 Å². The Labute approximate surface area is 86.2 Å². The number of carbonyl (C=O) groups is 1. The number of rotatable bonds is 2. The van der Waals surface area contributed by atoms with E-state index in [0.29, 0.717) is 0 Å². The Morgan fingerprint density at radius 2 is 1.80 bits per heavy atom. The fourth-order valence-electron chi connectivity index (χ4n) is 1.42. The lowest BCUT2D eigenvalue weighted by atomic mass is 9.99. The summed E-state index contributed by atoms with van der Waals surface area (Å²) in [4.78, 5) is 11.2. The van der Waals surface area contributed by atoms with Crippen molar-refractivity contribution in [2.75, 3.05) is 14.2 Å². The largest absolute Gasteiger partial charge is 0.467 e. The lowest BCUT2D eigenvalue weighted by Crippen LogP contribution is -2.60. The molecule has 3 unspecified atom stereocenters. The van der Waals surface area contributed by atoms with Crippen LogP contribution in [0.3, 0.4) is 0 Å². The smallest absolute Gasteiger partial charge is 0.337 e. The fourth-order valence-corrected chi connectivity index (χ4v) is 1.42. The average Bonchev–Trinajstić information content (AvgIpc) is 2.24. The highest BCUT2D eigenvalue weighted by Gasteiger charge is 2.47. The van der Waals surface area contributed by atoms with Crippen molar-refractivity contribution in [3.63, 3.8) is 0 Å². The summed E-state index contributed by atoms with van der Waals surface area (Å²) in [6.07, 6.45) is -6.90. The molecule has 0 aromatic rings. The highest BCUT2D eigenvalue weighted by molar-refractivity contribution is 5.75. The third kappa shape index (κ3) is 2.27. The lowest BCUT2D eigenvalue weighted by Gasteiger charge is -2.38. The summed E-state index contributed by atoms with van der Waals surface area (Å²) in [5, 5.41) is 27.9. The molecule has 1 rings (SSSR count). The van der Waals surface area contributed by atoms with Crippen LogP contribution in [0.5, 0.6) is 0 Å². The van der Waals surface area contributed by atoms with Gasteiger partial charge < -0.3 is 29.5 Å². The summed E-state index contributed by atoms with van der Waals surface area (Å²) >= 11 is 0. The average molecular weight is 222 g/mol. The molecule has 0 spiro atoms. The predicted molar refractivity (Wildman–Crippen MR) is 45.7 cm³/mol. The molecule has 0 bridgehead atoms. The lowest BCUT2D eigenvalue weighted by molar-refractivity contribution is -0.284. The molecular weight excluding hydrogens is 208 g/mol. The summed E-state index contributed by atoms with van der Waals surface area (Å²) in [5.41, 5.74) is 0. The Morgan fingerprint density at radius 3 is 2.27 bits per heavy atom. The molecule has 7 heteroatoms. The Morgan fingerprint density at radius 1 is 1.20 bits per heavy atom. The van der Waals surface area contributed by atoms with Gasteiger partial charge in [0.15, 0.2) is 12.4 Å². The van der Waals surface area contributed by atoms with Gasteiger partial charge in [0.05, 0.1) is 7.11 Å². The molecule has 0 aliphatic carbocycles. The van der Waals surface area contributed by atoms with Gasteiger partial charge in [-0.15, -0.1) is 0 Å². The maximum Gasteiger partial charge on any atom is 0.337 e. The molecule has 3 N–H and O–H groups in total. The quantitative estimate of drug-likeness (QED) is 0.448. The number of methoxy groups -OCH3 is 2. The van der Waals surface area contributed by atoms with Crippen molar-refractivity contribution in [2.24, 2.45) is 0 Å². The molecule has 7 nitrogen and oxygen atoms in total. The SMILES string of the molecule is COC(=O)[C@@H]1OC(O)C(O)C(O)[C@@H]1OC. The molecule has 0 amide bonds. The maximum absolute atomic E-state index is 11.2. The normalized spacial score (nSPS) is 41.3. The van der Waals surface area contributed by atoms with Crippen molar-refractivity contribution < 1.29 is 34.3 Å². The van der Waals surface area contributed by atoms with Gasteiger partial charge in [0, 0.05) is 7.11 Å². The first-order chi connectivity index (χ1) is 7.02. The van der Waals surface area contributed by atoms with Crippen LogP contribution < -0.4 is 0 Å². The predicted octanol–water partition coefficient (Wildman–Crippen LogP) is -2.39. The number of carbonyl (C=O) groups excluding carboxylic acids is 1. The first kappa shape index (κ1) is 12.3. The van der Waals surface area contributed by atoms with E-state index in [2.05, 4.69) is 4.74 Å². The van der Waals surface area contributed by atoms with Crippen molar-refractivity contribution in [3.05, 3.63) is 0 Å². The van der Waals surface area contributed by atoms with Gasteiger partial charge in [-0.25, -0.2) is 4.79 Å². The molecular formula is C8H14O7. The molecule has 0 aromatic heterocycles. The van der Waals surface area contributed by atoms with Crippen LogP contribution >= 0.6 is 0 Å². The third-order valence-corrected chi connectivity index (χ3v) is 2.27. The molecule has 88 valence electrons. The fraction of sp³-hybridized carbons (Fsp3) is 0.875. The number of esters is 1. The van der Waals surface area contributed by atoms with Crippen molar-refractivity contribution >= 4 is 5.97 Å². The molecule has 15 heavy (non-hydrogen) atoms. The molecule has 1 aliphatic rings. The Balaban J connectivity index is 2.82. The molecule has 1 fully saturated rings. The van der Waals surface area contributed by atoms with E-state index in [9.17, 15) is 20.1 Å². The van der Waals surface area contributed by atoms with Crippen molar-refractivity contribution in [3.8, 4) is 0 Å². The third-order valence-electron chi connectivity index (χ3n) is 2.27. The first-order valence-corrected chi connectivity index (χ1v) is 4.33. The molecule has 1 saturated heterocycles. The molecule has 0 aromatic carbocycles. The Bertz CT molecular complexity index is 231. The summed E-state index contributed by atoms with van der Waals surface area (Å²) < 4.78 is 14.0. The summed E-state index contributed by atoms with van der Waals surface area (Å²) in [6.45, 7) is 0. The number of hydrogen-bond acceptors (Lipinski definition) is 7.